The molecule has 0 atom stereocenters. The smallest absolute Gasteiger partial charge is 0.273 e. The van der Waals surface area contributed by atoms with Crippen molar-refractivity contribution >= 4 is 11.6 Å². The predicted octanol–water partition coefficient (Wildman–Crippen LogP) is 3.42. The molecule has 0 aliphatic carbocycles. The molecule has 0 aromatic heterocycles. The second kappa shape index (κ2) is 8.84. The lowest BCUT2D eigenvalue weighted by molar-refractivity contribution is -0.385. The van der Waals surface area contributed by atoms with Crippen molar-refractivity contribution in [3.63, 3.8) is 0 Å². The lowest BCUT2D eigenvalue weighted by Gasteiger charge is -2.27. The van der Waals surface area contributed by atoms with E-state index in [1.165, 1.54) is 25.3 Å². The van der Waals surface area contributed by atoms with E-state index in [1.807, 2.05) is 44.2 Å². The SMILES string of the molecule is COc1ccc([N+](=O)[O-])cc1OCC(=O)N(Cc1ccccc1)C(C)C. The second-order valence-electron chi connectivity index (χ2n) is 5.98. The molecule has 7 heteroatoms. The topological polar surface area (TPSA) is 81.9 Å². The highest BCUT2D eigenvalue weighted by Gasteiger charge is 2.20. The summed E-state index contributed by atoms with van der Waals surface area (Å²) >= 11 is 0. The molecule has 0 saturated heterocycles. The van der Waals surface area contributed by atoms with Gasteiger partial charge in [0.15, 0.2) is 18.1 Å². The Kier molecular flexibility index (Phi) is 6.54. The van der Waals surface area contributed by atoms with Crippen LogP contribution in [-0.2, 0) is 11.3 Å². The maximum absolute atomic E-state index is 12.6. The Hall–Kier alpha value is -3.09. The molecule has 0 aliphatic rings. The molecule has 2 aromatic carbocycles. The van der Waals surface area contributed by atoms with Crippen LogP contribution in [0.1, 0.15) is 19.4 Å². The van der Waals surface area contributed by atoms with Crippen LogP contribution in [0.3, 0.4) is 0 Å². The van der Waals surface area contributed by atoms with E-state index in [0.717, 1.165) is 5.56 Å². The average molecular weight is 358 g/mol. The zero-order chi connectivity index (χ0) is 19.1. The number of ether oxygens (including phenoxy) is 2. The molecule has 1 amide bonds. The van der Waals surface area contributed by atoms with Gasteiger partial charge in [0.25, 0.3) is 11.6 Å². The monoisotopic (exact) mass is 358 g/mol. The van der Waals surface area contributed by atoms with Gasteiger partial charge in [-0.3, -0.25) is 14.9 Å². The first-order valence-electron chi connectivity index (χ1n) is 8.21. The highest BCUT2D eigenvalue weighted by Crippen LogP contribution is 2.31. The van der Waals surface area contributed by atoms with Crippen molar-refractivity contribution in [2.45, 2.75) is 26.4 Å². The minimum Gasteiger partial charge on any atom is -0.493 e. The number of benzene rings is 2. The minimum absolute atomic E-state index is 0.0155. The van der Waals surface area contributed by atoms with E-state index in [9.17, 15) is 14.9 Å². The quantitative estimate of drug-likeness (QED) is 0.533. The molecular weight excluding hydrogens is 336 g/mol. The fourth-order valence-corrected chi connectivity index (χ4v) is 2.45. The molecule has 0 aliphatic heterocycles. The maximum Gasteiger partial charge on any atom is 0.273 e. The third-order valence-corrected chi connectivity index (χ3v) is 3.85. The standard InChI is InChI=1S/C19H22N2O5/c1-14(2)20(12-15-7-5-4-6-8-15)19(22)13-26-18-11-16(21(23)24)9-10-17(18)25-3/h4-11,14H,12-13H2,1-3H3. The lowest BCUT2D eigenvalue weighted by atomic mass is 10.2. The molecule has 2 rings (SSSR count). The Morgan fingerprint density at radius 2 is 1.85 bits per heavy atom. The largest absolute Gasteiger partial charge is 0.493 e. The normalized spacial score (nSPS) is 10.5. The Balaban J connectivity index is 2.10. The van der Waals surface area contributed by atoms with E-state index < -0.39 is 4.92 Å². The number of nitro groups is 1. The summed E-state index contributed by atoms with van der Waals surface area (Å²) in [5.41, 5.74) is 0.890. The molecule has 26 heavy (non-hydrogen) atoms. The number of carbonyl (C=O) groups is 1. The summed E-state index contributed by atoms with van der Waals surface area (Å²) in [6.07, 6.45) is 0. The molecule has 0 unspecified atom stereocenters. The third kappa shape index (κ3) is 4.95. The first kappa shape index (κ1) is 19.2. The van der Waals surface area contributed by atoms with Crippen molar-refractivity contribution in [1.29, 1.82) is 0 Å². The summed E-state index contributed by atoms with van der Waals surface area (Å²) in [6, 6.07) is 13.7. The lowest BCUT2D eigenvalue weighted by Crippen LogP contribution is -2.39. The number of hydrogen-bond acceptors (Lipinski definition) is 5. The van der Waals surface area contributed by atoms with Crippen molar-refractivity contribution in [1.82, 2.24) is 4.90 Å². The first-order chi connectivity index (χ1) is 12.4. The molecule has 0 bridgehead atoms. The van der Waals surface area contributed by atoms with Crippen molar-refractivity contribution in [2.75, 3.05) is 13.7 Å². The average Bonchev–Trinajstić information content (AvgIpc) is 2.64. The summed E-state index contributed by atoms with van der Waals surface area (Å²) in [6.45, 7) is 4.08. The maximum atomic E-state index is 12.6. The van der Waals surface area contributed by atoms with Crippen LogP contribution in [0.25, 0.3) is 0 Å². The molecule has 0 spiro atoms. The Morgan fingerprint density at radius 3 is 2.42 bits per heavy atom. The fourth-order valence-electron chi connectivity index (χ4n) is 2.45. The molecule has 0 saturated carbocycles. The molecule has 2 aromatic rings. The molecule has 0 heterocycles. The van der Waals surface area contributed by atoms with E-state index in [1.54, 1.807) is 4.90 Å². The number of amides is 1. The van der Waals surface area contributed by atoms with E-state index in [-0.39, 0.29) is 30.0 Å². The summed E-state index contributed by atoms with van der Waals surface area (Å²) < 4.78 is 10.7. The van der Waals surface area contributed by atoms with Gasteiger partial charge in [0.05, 0.1) is 18.1 Å². The predicted molar refractivity (Wildman–Crippen MR) is 97.3 cm³/mol. The molecule has 7 nitrogen and oxygen atoms in total. The number of non-ortho nitro benzene ring substituents is 1. The zero-order valence-corrected chi connectivity index (χ0v) is 15.0. The second-order valence-corrected chi connectivity index (χ2v) is 5.98. The van der Waals surface area contributed by atoms with Gasteiger partial charge in [0.2, 0.25) is 0 Å². The van der Waals surface area contributed by atoms with Crippen molar-refractivity contribution in [2.24, 2.45) is 0 Å². The number of carbonyl (C=O) groups excluding carboxylic acids is 1. The Labute approximate surface area is 152 Å². The van der Waals surface area contributed by atoms with Crippen LogP contribution < -0.4 is 9.47 Å². The first-order valence-corrected chi connectivity index (χ1v) is 8.21. The Bertz CT molecular complexity index is 762. The van der Waals surface area contributed by atoms with E-state index in [0.29, 0.717) is 12.3 Å². The number of methoxy groups -OCH3 is 1. The van der Waals surface area contributed by atoms with Crippen molar-refractivity contribution in [3.8, 4) is 11.5 Å². The van der Waals surface area contributed by atoms with Gasteiger partial charge in [-0.25, -0.2) is 0 Å². The van der Waals surface area contributed by atoms with E-state index in [2.05, 4.69) is 0 Å². The van der Waals surface area contributed by atoms with Gasteiger partial charge >= 0.3 is 0 Å². The zero-order valence-electron chi connectivity index (χ0n) is 15.0. The molecule has 0 fully saturated rings. The van der Waals surface area contributed by atoms with Gasteiger partial charge in [0.1, 0.15) is 0 Å². The highest BCUT2D eigenvalue weighted by atomic mass is 16.6. The van der Waals surface area contributed by atoms with Crippen LogP contribution in [0.5, 0.6) is 11.5 Å². The van der Waals surface area contributed by atoms with Crippen LogP contribution in [0.4, 0.5) is 5.69 Å². The van der Waals surface area contributed by atoms with Crippen LogP contribution in [0, 0.1) is 10.1 Å². The van der Waals surface area contributed by atoms with Crippen molar-refractivity contribution < 1.29 is 19.2 Å². The van der Waals surface area contributed by atoms with Crippen LogP contribution in [0.2, 0.25) is 0 Å². The molecule has 0 N–H and O–H groups in total. The van der Waals surface area contributed by atoms with Gasteiger partial charge in [-0.15, -0.1) is 0 Å². The fraction of sp³-hybridized carbons (Fsp3) is 0.316. The van der Waals surface area contributed by atoms with E-state index >= 15 is 0 Å². The highest BCUT2D eigenvalue weighted by molar-refractivity contribution is 5.78. The molecule has 138 valence electrons. The van der Waals surface area contributed by atoms with Crippen LogP contribution >= 0.6 is 0 Å². The van der Waals surface area contributed by atoms with Crippen LogP contribution in [-0.4, -0.2) is 35.5 Å². The van der Waals surface area contributed by atoms with Gasteiger partial charge in [-0.1, -0.05) is 30.3 Å². The summed E-state index contributed by atoms with van der Waals surface area (Å²) in [5, 5.41) is 10.9. The number of nitrogens with zero attached hydrogens (tertiary/aromatic N) is 2. The molecular formula is C19H22N2O5. The minimum atomic E-state index is -0.524. The third-order valence-electron chi connectivity index (χ3n) is 3.85. The van der Waals surface area contributed by atoms with Gasteiger partial charge < -0.3 is 14.4 Å². The summed E-state index contributed by atoms with van der Waals surface area (Å²) in [7, 11) is 1.44. The molecule has 0 radical (unpaired) electrons. The van der Waals surface area contributed by atoms with Gasteiger partial charge in [-0.05, 0) is 25.5 Å². The van der Waals surface area contributed by atoms with E-state index in [4.69, 9.17) is 9.47 Å². The Morgan fingerprint density at radius 1 is 1.15 bits per heavy atom. The summed E-state index contributed by atoms with van der Waals surface area (Å²) in [4.78, 5) is 24.7. The summed E-state index contributed by atoms with van der Waals surface area (Å²) in [5.74, 6) is 0.290. The van der Waals surface area contributed by atoms with Crippen molar-refractivity contribution in [3.05, 3.63) is 64.2 Å². The number of nitro benzene ring substituents is 1. The van der Waals surface area contributed by atoms with Gasteiger partial charge in [-0.2, -0.15) is 0 Å². The van der Waals surface area contributed by atoms with Gasteiger partial charge in [0, 0.05) is 18.7 Å². The van der Waals surface area contributed by atoms with Crippen LogP contribution in [0.15, 0.2) is 48.5 Å². The number of rotatable bonds is 8. The number of hydrogen-bond donors (Lipinski definition) is 0.